The van der Waals surface area contributed by atoms with Crippen LogP contribution in [0, 0.1) is 5.92 Å². The molecule has 5 nitrogen and oxygen atoms in total. The molecule has 1 N–H and O–H groups in total. The lowest BCUT2D eigenvalue weighted by Gasteiger charge is -2.34. The van der Waals surface area contributed by atoms with Crippen molar-refractivity contribution in [3.63, 3.8) is 0 Å². The highest BCUT2D eigenvalue weighted by atomic mass is 19.1. The number of carbonyl (C=O) groups excluding carboxylic acids is 1. The lowest BCUT2D eigenvalue weighted by molar-refractivity contribution is -0.137. The largest absolute Gasteiger partial charge is 0.481 e. The Bertz CT molecular complexity index is 665. The molecule has 2 fully saturated rings. The number of benzene rings is 1. The molecule has 3 atom stereocenters. The Morgan fingerprint density at radius 2 is 2.21 bits per heavy atom. The minimum Gasteiger partial charge on any atom is -0.481 e. The molecule has 24 heavy (non-hydrogen) atoms. The van der Waals surface area contributed by atoms with Crippen LogP contribution in [-0.4, -0.2) is 54.2 Å². The van der Waals surface area contributed by atoms with E-state index in [1.54, 1.807) is 12.1 Å². The van der Waals surface area contributed by atoms with Gasteiger partial charge in [-0.25, -0.2) is 4.39 Å². The van der Waals surface area contributed by atoms with Crippen molar-refractivity contribution in [1.82, 2.24) is 4.90 Å². The normalized spacial score (nSPS) is 28.7. The van der Waals surface area contributed by atoms with Crippen LogP contribution in [0.15, 0.2) is 24.3 Å². The van der Waals surface area contributed by atoms with Crippen LogP contribution in [0.25, 0.3) is 0 Å². The Balaban J connectivity index is 1.85. The third kappa shape index (κ3) is 2.90. The van der Waals surface area contributed by atoms with Crippen LogP contribution < -0.4 is 4.90 Å². The summed E-state index contributed by atoms with van der Waals surface area (Å²) in [6, 6.07) is 7.26. The molecule has 1 aromatic carbocycles. The first-order valence-electron chi connectivity index (χ1n) is 8.32. The summed E-state index contributed by atoms with van der Waals surface area (Å²) in [5.74, 6) is -1.79. The SMILES string of the molecule is CC(CC(=O)O)c1cccc(N2C[C@@H]3CN(C)CC[C@]3(F)C2=O)c1. The number of alkyl halides is 1. The molecule has 2 aliphatic heterocycles. The molecular formula is C18H23FN2O3. The first-order valence-corrected chi connectivity index (χ1v) is 8.32. The molecule has 0 saturated carbocycles. The van der Waals surface area contributed by atoms with E-state index in [1.807, 2.05) is 26.1 Å². The van der Waals surface area contributed by atoms with Crippen molar-refractivity contribution in [3.05, 3.63) is 29.8 Å². The van der Waals surface area contributed by atoms with Crippen molar-refractivity contribution in [3.8, 4) is 0 Å². The van der Waals surface area contributed by atoms with Crippen LogP contribution in [0.5, 0.6) is 0 Å². The fourth-order valence-electron chi connectivity index (χ4n) is 3.78. The zero-order valence-corrected chi connectivity index (χ0v) is 14.0. The van der Waals surface area contributed by atoms with Crippen molar-refractivity contribution in [2.75, 3.05) is 31.6 Å². The van der Waals surface area contributed by atoms with Gasteiger partial charge in [0.1, 0.15) is 0 Å². The molecule has 3 rings (SSSR count). The van der Waals surface area contributed by atoms with Crippen molar-refractivity contribution in [1.29, 1.82) is 0 Å². The smallest absolute Gasteiger partial charge is 0.303 e. The summed E-state index contributed by atoms with van der Waals surface area (Å²) < 4.78 is 15.2. The number of carboxylic acid groups (broad SMARTS) is 1. The zero-order chi connectivity index (χ0) is 17.5. The molecule has 1 aromatic rings. The van der Waals surface area contributed by atoms with Crippen LogP contribution in [0.3, 0.4) is 0 Å². The summed E-state index contributed by atoms with van der Waals surface area (Å²) in [6.45, 7) is 3.37. The van der Waals surface area contributed by atoms with Gasteiger partial charge in [-0.15, -0.1) is 0 Å². The van der Waals surface area contributed by atoms with Gasteiger partial charge in [0.25, 0.3) is 5.91 Å². The summed E-state index contributed by atoms with van der Waals surface area (Å²) in [4.78, 5) is 27.2. The summed E-state index contributed by atoms with van der Waals surface area (Å²) in [7, 11) is 1.95. The van der Waals surface area contributed by atoms with Gasteiger partial charge < -0.3 is 14.9 Å². The molecular weight excluding hydrogens is 311 g/mol. The Morgan fingerprint density at radius 1 is 1.46 bits per heavy atom. The van der Waals surface area contributed by atoms with Crippen LogP contribution in [0.2, 0.25) is 0 Å². The van der Waals surface area contributed by atoms with E-state index in [-0.39, 0.29) is 24.7 Å². The second kappa shape index (κ2) is 6.16. The lowest BCUT2D eigenvalue weighted by atomic mass is 9.85. The summed E-state index contributed by atoms with van der Waals surface area (Å²) in [5.41, 5.74) is -0.263. The standard InChI is InChI=1S/C18H23FN2O3/c1-12(8-16(22)23)13-4-3-5-15(9-13)21-11-14-10-20(2)7-6-18(14,19)17(21)24/h3-5,9,12,14H,6-8,10-11H2,1-2H3,(H,22,23)/t12?,14-,18+/m0/s1. The number of halogens is 1. The first-order chi connectivity index (χ1) is 11.3. The molecule has 0 bridgehead atoms. The van der Waals surface area contributed by atoms with Crippen LogP contribution in [0.4, 0.5) is 10.1 Å². The van der Waals surface area contributed by atoms with E-state index in [1.165, 1.54) is 4.90 Å². The Morgan fingerprint density at radius 3 is 2.92 bits per heavy atom. The predicted molar refractivity (Wildman–Crippen MR) is 88.9 cm³/mol. The van der Waals surface area contributed by atoms with E-state index < -0.39 is 17.5 Å². The lowest BCUT2D eigenvalue weighted by Crippen LogP contribution is -2.49. The summed E-state index contributed by atoms with van der Waals surface area (Å²) in [5, 5.41) is 8.95. The van der Waals surface area contributed by atoms with Gasteiger partial charge in [-0.1, -0.05) is 19.1 Å². The van der Waals surface area contributed by atoms with Gasteiger partial charge in [0.15, 0.2) is 5.67 Å². The molecule has 6 heteroatoms. The van der Waals surface area contributed by atoms with Gasteiger partial charge in [0.05, 0.1) is 6.42 Å². The molecule has 2 aliphatic rings. The number of aliphatic carboxylic acids is 1. The van der Waals surface area contributed by atoms with Crippen molar-refractivity contribution >= 4 is 17.6 Å². The molecule has 0 aliphatic carbocycles. The van der Waals surface area contributed by atoms with E-state index in [0.717, 1.165) is 5.56 Å². The monoisotopic (exact) mass is 334 g/mol. The second-order valence-corrected chi connectivity index (χ2v) is 7.08. The molecule has 0 aromatic heterocycles. The summed E-state index contributed by atoms with van der Waals surface area (Å²) in [6.07, 6.45) is 0.260. The molecule has 0 spiro atoms. The Kier molecular flexibility index (Phi) is 4.34. The van der Waals surface area contributed by atoms with Crippen molar-refractivity contribution < 1.29 is 19.1 Å². The van der Waals surface area contributed by atoms with Crippen molar-refractivity contribution in [2.24, 2.45) is 5.92 Å². The third-order valence-electron chi connectivity index (χ3n) is 5.27. The average Bonchev–Trinajstić information content (AvgIpc) is 2.79. The highest BCUT2D eigenvalue weighted by Gasteiger charge is 2.56. The number of fused-ring (bicyclic) bond motifs is 1. The van der Waals surface area contributed by atoms with Crippen LogP contribution in [-0.2, 0) is 9.59 Å². The summed E-state index contributed by atoms with van der Waals surface area (Å²) >= 11 is 0. The zero-order valence-electron chi connectivity index (χ0n) is 14.0. The van der Waals surface area contributed by atoms with Gasteiger partial charge in [-0.3, -0.25) is 9.59 Å². The Hall–Kier alpha value is -1.95. The first kappa shape index (κ1) is 16.9. The van der Waals surface area contributed by atoms with Gasteiger partial charge in [-0.05, 0) is 30.7 Å². The Labute approximate surface area is 141 Å². The fourth-order valence-corrected chi connectivity index (χ4v) is 3.78. The van der Waals surface area contributed by atoms with Gasteiger partial charge in [0, 0.05) is 37.7 Å². The number of carbonyl (C=O) groups is 2. The maximum atomic E-state index is 15.2. The molecule has 130 valence electrons. The fraction of sp³-hybridized carbons (Fsp3) is 0.556. The highest BCUT2D eigenvalue weighted by Crippen LogP contribution is 2.41. The van der Waals surface area contributed by atoms with E-state index in [2.05, 4.69) is 4.90 Å². The number of rotatable bonds is 4. The van der Waals surface area contributed by atoms with Gasteiger partial charge in [-0.2, -0.15) is 0 Å². The van der Waals surface area contributed by atoms with Crippen LogP contribution in [0.1, 0.15) is 31.2 Å². The predicted octanol–water partition coefficient (Wildman–Crippen LogP) is 2.27. The third-order valence-corrected chi connectivity index (χ3v) is 5.27. The van der Waals surface area contributed by atoms with E-state index in [9.17, 15) is 9.59 Å². The molecule has 2 saturated heterocycles. The number of nitrogens with zero attached hydrogens (tertiary/aromatic N) is 2. The minimum absolute atomic E-state index is 0.0257. The maximum absolute atomic E-state index is 15.2. The number of hydrogen-bond donors (Lipinski definition) is 1. The van der Waals surface area contributed by atoms with Crippen molar-refractivity contribution in [2.45, 2.75) is 31.4 Å². The van der Waals surface area contributed by atoms with Crippen LogP contribution >= 0.6 is 0 Å². The van der Waals surface area contributed by atoms with Gasteiger partial charge >= 0.3 is 5.97 Å². The van der Waals surface area contributed by atoms with Gasteiger partial charge in [0.2, 0.25) is 0 Å². The quantitative estimate of drug-likeness (QED) is 0.918. The number of anilines is 1. The molecule has 1 unspecified atom stereocenters. The average molecular weight is 334 g/mol. The van der Waals surface area contributed by atoms with E-state index in [0.29, 0.717) is 25.3 Å². The number of hydrogen-bond acceptors (Lipinski definition) is 3. The van der Waals surface area contributed by atoms with E-state index in [4.69, 9.17) is 5.11 Å². The molecule has 0 radical (unpaired) electrons. The number of piperidine rings is 1. The topological polar surface area (TPSA) is 60.9 Å². The molecule has 1 amide bonds. The van der Waals surface area contributed by atoms with E-state index >= 15 is 4.39 Å². The second-order valence-electron chi connectivity index (χ2n) is 7.08. The number of carboxylic acids is 1. The highest BCUT2D eigenvalue weighted by molar-refractivity contribution is 6.02. The maximum Gasteiger partial charge on any atom is 0.303 e. The minimum atomic E-state index is -1.77. The molecule has 2 heterocycles. The number of amides is 1. The number of likely N-dealkylation sites (tertiary alicyclic amines) is 1.